The molecule has 0 aromatic heterocycles. The summed E-state index contributed by atoms with van der Waals surface area (Å²) in [4.78, 5) is 0. The molecule has 96 valence electrons. The van der Waals surface area contributed by atoms with Gasteiger partial charge in [-0.1, -0.05) is 0 Å². The molecule has 0 aliphatic heterocycles. The predicted octanol–water partition coefficient (Wildman–Crippen LogP) is 4.57. The van der Waals surface area contributed by atoms with Crippen molar-refractivity contribution in [1.29, 1.82) is 0 Å². The van der Waals surface area contributed by atoms with Gasteiger partial charge in [-0.05, 0) is 0 Å². The second kappa shape index (κ2) is 6.10. The number of allylic oxidation sites excluding steroid dienone is 8. The molecule has 2 aliphatic carbocycles. The topological polar surface area (TPSA) is 12.4 Å². The van der Waals surface area contributed by atoms with E-state index < -0.39 is 19.6 Å². The summed E-state index contributed by atoms with van der Waals surface area (Å²) in [5.41, 5.74) is 0.157. The summed E-state index contributed by atoms with van der Waals surface area (Å²) >= 11 is -0.421. The predicted molar refractivity (Wildman–Crippen MR) is 74.0 cm³/mol. The first-order chi connectivity index (χ1) is 8.56. The van der Waals surface area contributed by atoms with E-state index in [4.69, 9.17) is 3.34 Å². The van der Waals surface area contributed by atoms with Crippen molar-refractivity contribution in [2.24, 2.45) is 21.1 Å². The van der Waals surface area contributed by atoms with Gasteiger partial charge in [-0.2, -0.15) is 0 Å². The third-order valence-electron chi connectivity index (χ3n) is 3.21. The van der Waals surface area contributed by atoms with Crippen LogP contribution in [0, 0.1) is 17.8 Å². The molecule has 0 radical (unpaired) electrons. The number of hydrogen-bond acceptors (Lipinski definition) is 1. The minimum absolute atomic E-state index is 0.157. The van der Waals surface area contributed by atoms with Crippen molar-refractivity contribution < 1.29 is 19.6 Å². The van der Waals surface area contributed by atoms with Crippen LogP contribution in [-0.2, 0) is 19.6 Å². The van der Waals surface area contributed by atoms with Gasteiger partial charge in [-0.15, -0.1) is 0 Å². The van der Waals surface area contributed by atoms with E-state index in [0.717, 1.165) is 5.92 Å². The molecule has 0 aromatic rings. The van der Waals surface area contributed by atoms with Crippen molar-refractivity contribution in [2.45, 2.75) is 30.9 Å². The monoisotopic (exact) mass is 321 g/mol. The fourth-order valence-electron chi connectivity index (χ4n) is 2.32. The summed E-state index contributed by atoms with van der Waals surface area (Å²) < 4.78 is 6.21. The standard InChI is InChI=1S/C12H13.C4H9N.Nb/c1-10(11-6-2-3-7-11)12-8-4-5-9-12;1-4(2,3)5;/h2-12H,1H2;1-3H3;. The summed E-state index contributed by atoms with van der Waals surface area (Å²) in [6.45, 7) is 6.63. The van der Waals surface area contributed by atoms with Crippen molar-refractivity contribution in [3.8, 4) is 0 Å². The van der Waals surface area contributed by atoms with Crippen molar-refractivity contribution in [1.82, 2.24) is 0 Å². The molecule has 0 saturated heterocycles. The molecular weight excluding hydrogens is 299 g/mol. The number of nitrogens with zero attached hydrogens (tertiary/aromatic N) is 1. The zero-order valence-corrected chi connectivity index (χ0v) is 13.7. The molecular formula is C16H22NNb. The second-order valence-corrected chi connectivity index (χ2v) is 8.04. The summed E-state index contributed by atoms with van der Waals surface area (Å²) in [5, 5.41) is 0. The SMILES string of the molecule is CC(C)(C)[N]=[Nb][CH2]C(C1C=CC=C1)C1C=CC=C1. The zero-order chi connectivity index (χ0) is 13.0. The molecule has 0 saturated carbocycles. The van der Waals surface area contributed by atoms with Gasteiger partial charge in [-0.3, -0.25) is 0 Å². The maximum atomic E-state index is 4.89. The molecule has 2 heteroatoms. The van der Waals surface area contributed by atoms with Crippen LogP contribution in [0.15, 0.2) is 51.9 Å². The number of rotatable bonds is 4. The quantitative estimate of drug-likeness (QED) is 0.673. The molecule has 0 fully saturated rings. The van der Waals surface area contributed by atoms with E-state index in [1.807, 2.05) is 0 Å². The van der Waals surface area contributed by atoms with Crippen molar-refractivity contribution in [3.63, 3.8) is 0 Å². The van der Waals surface area contributed by atoms with Crippen LogP contribution in [0.2, 0.25) is 4.64 Å². The summed E-state index contributed by atoms with van der Waals surface area (Å²) in [7, 11) is 0. The Morgan fingerprint density at radius 2 is 1.39 bits per heavy atom. The molecule has 0 amide bonds. The molecule has 2 aliphatic rings. The molecule has 0 heterocycles. The minimum atomic E-state index is -0.421. The summed E-state index contributed by atoms with van der Waals surface area (Å²) in [6, 6.07) is 0. The van der Waals surface area contributed by atoms with Crippen molar-refractivity contribution in [3.05, 3.63) is 48.6 Å². The maximum absolute atomic E-state index is 4.89. The Hall–Kier alpha value is -0.500. The first kappa shape index (κ1) is 13.9. The van der Waals surface area contributed by atoms with Crippen LogP contribution in [0.25, 0.3) is 0 Å². The third-order valence-corrected chi connectivity index (χ3v) is 6.47. The van der Waals surface area contributed by atoms with Crippen LogP contribution in [0.3, 0.4) is 0 Å². The summed E-state index contributed by atoms with van der Waals surface area (Å²) in [6.07, 6.45) is 18.1. The van der Waals surface area contributed by atoms with E-state index in [1.54, 1.807) is 0 Å². The Morgan fingerprint density at radius 1 is 0.944 bits per heavy atom. The Balaban J connectivity index is 2.03. The Kier molecular flexibility index (Phi) is 4.71. The second-order valence-electron chi connectivity index (χ2n) is 5.95. The first-order valence-corrected chi connectivity index (χ1v) is 9.19. The fourth-order valence-corrected chi connectivity index (χ4v) is 5.22. The van der Waals surface area contributed by atoms with E-state index in [-0.39, 0.29) is 5.54 Å². The molecule has 0 N–H and O–H groups in total. The molecule has 1 nitrogen and oxygen atoms in total. The van der Waals surface area contributed by atoms with E-state index in [2.05, 4.69) is 69.4 Å². The van der Waals surface area contributed by atoms with Gasteiger partial charge in [-0.25, -0.2) is 0 Å². The molecule has 18 heavy (non-hydrogen) atoms. The Labute approximate surface area is 120 Å². The van der Waals surface area contributed by atoms with Gasteiger partial charge in [0.2, 0.25) is 0 Å². The van der Waals surface area contributed by atoms with Gasteiger partial charge >= 0.3 is 120 Å². The van der Waals surface area contributed by atoms with E-state index in [0.29, 0.717) is 11.8 Å². The van der Waals surface area contributed by atoms with Crippen LogP contribution < -0.4 is 0 Å². The van der Waals surface area contributed by atoms with E-state index >= 15 is 0 Å². The summed E-state index contributed by atoms with van der Waals surface area (Å²) in [5.74, 6) is 1.96. The van der Waals surface area contributed by atoms with Crippen molar-refractivity contribution in [2.75, 3.05) is 0 Å². The molecule has 0 unspecified atom stereocenters. The van der Waals surface area contributed by atoms with Gasteiger partial charge in [0, 0.05) is 0 Å². The third kappa shape index (κ3) is 4.01. The fraction of sp³-hybridized carbons (Fsp3) is 0.500. The van der Waals surface area contributed by atoms with Crippen LogP contribution in [-0.4, -0.2) is 5.54 Å². The van der Waals surface area contributed by atoms with Gasteiger partial charge in [0.25, 0.3) is 0 Å². The van der Waals surface area contributed by atoms with Gasteiger partial charge in [0.1, 0.15) is 0 Å². The number of hydrogen-bond donors (Lipinski definition) is 0. The molecule has 0 atom stereocenters. The normalized spacial score (nSPS) is 20.2. The van der Waals surface area contributed by atoms with E-state index in [1.165, 1.54) is 4.64 Å². The molecule has 0 bridgehead atoms. The Morgan fingerprint density at radius 3 is 1.78 bits per heavy atom. The molecule has 2 rings (SSSR count). The first-order valence-electron chi connectivity index (χ1n) is 6.65. The van der Waals surface area contributed by atoms with Crippen LogP contribution in [0.1, 0.15) is 20.8 Å². The van der Waals surface area contributed by atoms with Gasteiger partial charge in [0.15, 0.2) is 0 Å². The zero-order valence-electron chi connectivity index (χ0n) is 11.5. The Bertz CT molecular complexity index is 369. The van der Waals surface area contributed by atoms with E-state index in [9.17, 15) is 0 Å². The van der Waals surface area contributed by atoms with Crippen LogP contribution in [0.5, 0.6) is 0 Å². The van der Waals surface area contributed by atoms with Gasteiger partial charge < -0.3 is 0 Å². The van der Waals surface area contributed by atoms with Crippen LogP contribution in [0.4, 0.5) is 0 Å². The molecule has 0 aromatic carbocycles. The average molecular weight is 321 g/mol. The van der Waals surface area contributed by atoms with Crippen LogP contribution >= 0.6 is 0 Å². The molecule has 0 spiro atoms. The van der Waals surface area contributed by atoms with Gasteiger partial charge in [0.05, 0.1) is 0 Å². The van der Waals surface area contributed by atoms with Crippen molar-refractivity contribution >= 4 is 0 Å². The average Bonchev–Trinajstić information content (AvgIpc) is 2.96.